The number of nitrogens with one attached hydrogen (secondary N) is 2. The van der Waals surface area contributed by atoms with E-state index in [2.05, 4.69) is 10.6 Å². The lowest BCUT2D eigenvalue weighted by Gasteiger charge is -2.27. The van der Waals surface area contributed by atoms with Crippen LogP contribution in [-0.4, -0.2) is 70.6 Å². The standard InChI is InChI=1S/C38H41N5O7/c1-26-13-11-14-27(2)37(26)42(4)35(46)25-50-32-20-10-9-19-31(32)43(24-34(45)41(3)30-17-7-6-8-18-30)33(44)23-39-38(48)40-29-16-12-15-28(21-29)22-36(47)49-5/h6-21H,22-25H2,1-5H3,(H2,39,40,48). The second-order valence-electron chi connectivity index (χ2n) is 11.5. The summed E-state index contributed by atoms with van der Waals surface area (Å²) in [5.41, 5.74) is 4.55. The first-order chi connectivity index (χ1) is 24.0. The summed E-state index contributed by atoms with van der Waals surface area (Å²) in [6, 6.07) is 27.3. The zero-order chi connectivity index (χ0) is 36.2. The van der Waals surface area contributed by atoms with Gasteiger partial charge in [0.05, 0.1) is 25.8 Å². The average molecular weight is 680 g/mol. The van der Waals surface area contributed by atoms with Crippen LogP contribution in [0, 0.1) is 13.8 Å². The van der Waals surface area contributed by atoms with E-state index in [4.69, 9.17) is 9.47 Å². The highest BCUT2D eigenvalue weighted by Crippen LogP contribution is 2.29. The third-order valence-corrected chi connectivity index (χ3v) is 7.93. The van der Waals surface area contributed by atoms with E-state index in [0.717, 1.165) is 16.8 Å². The second kappa shape index (κ2) is 17.3. The highest BCUT2D eigenvalue weighted by Gasteiger charge is 2.26. The molecular formula is C38H41N5O7. The number of rotatable bonds is 13. The number of hydrogen-bond acceptors (Lipinski definition) is 7. The average Bonchev–Trinajstić information content (AvgIpc) is 3.11. The van der Waals surface area contributed by atoms with Crippen LogP contribution < -0.4 is 30.1 Å². The molecule has 50 heavy (non-hydrogen) atoms. The summed E-state index contributed by atoms with van der Waals surface area (Å²) in [4.78, 5) is 69.2. The minimum Gasteiger partial charge on any atom is -0.482 e. The van der Waals surface area contributed by atoms with Gasteiger partial charge in [0.2, 0.25) is 11.8 Å². The van der Waals surface area contributed by atoms with Gasteiger partial charge >= 0.3 is 12.0 Å². The summed E-state index contributed by atoms with van der Waals surface area (Å²) < 4.78 is 10.7. The van der Waals surface area contributed by atoms with E-state index in [-0.39, 0.29) is 36.9 Å². The number of ether oxygens (including phenoxy) is 2. The summed E-state index contributed by atoms with van der Waals surface area (Å²) in [5.74, 6) is -1.55. The van der Waals surface area contributed by atoms with Gasteiger partial charge in [-0.05, 0) is 66.9 Å². The number of urea groups is 1. The molecule has 0 unspecified atom stereocenters. The molecule has 4 aromatic carbocycles. The van der Waals surface area contributed by atoms with Crippen LogP contribution in [0.2, 0.25) is 0 Å². The summed E-state index contributed by atoms with van der Waals surface area (Å²) in [7, 11) is 4.57. The molecule has 12 nitrogen and oxygen atoms in total. The zero-order valence-corrected chi connectivity index (χ0v) is 28.8. The van der Waals surface area contributed by atoms with Crippen molar-refractivity contribution < 1.29 is 33.4 Å². The van der Waals surface area contributed by atoms with Gasteiger partial charge in [-0.3, -0.25) is 24.1 Å². The monoisotopic (exact) mass is 679 g/mol. The lowest BCUT2D eigenvalue weighted by atomic mass is 10.1. The number of hydrogen-bond donors (Lipinski definition) is 2. The first-order valence-corrected chi connectivity index (χ1v) is 15.9. The van der Waals surface area contributed by atoms with Crippen molar-refractivity contribution in [3.8, 4) is 5.75 Å². The predicted molar refractivity (Wildman–Crippen MR) is 193 cm³/mol. The Morgan fingerprint density at radius 3 is 2.08 bits per heavy atom. The molecule has 4 rings (SSSR count). The van der Waals surface area contributed by atoms with Crippen LogP contribution in [0.4, 0.5) is 27.5 Å². The van der Waals surface area contributed by atoms with E-state index in [1.165, 1.54) is 21.8 Å². The van der Waals surface area contributed by atoms with Crippen LogP contribution in [0.25, 0.3) is 0 Å². The molecule has 0 aromatic heterocycles. The second-order valence-corrected chi connectivity index (χ2v) is 11.5. The fourth-order valence-corrected chi connectivity index (χ4v) is 5.27. The minimum atomic E-state index is -0.675. The molecule has 0 radical (unpaired) electrons. The number of carbonyl (C=O) groups is 5. The molecule has 260 valence electrons. The lowest BCUT2D eigenvalue weighted by molar-refractivity contribution is -0.139. The SMILES string of the molecule is COC(=O)Cc1cccc(NC(=O)NCC(=O)N(CC(=O)N(C)c2ccccc2)c2ccccc2OCC(=O)N(C)c2c(C)cccc2C)c1. The molecule has 0 saturated heterocycles. The van der Waals surface area contributed by atoms with Gasteiger partial charge in [0.15, 0.2) is 6.61 Å². The Kier molecular flexibility index (Phi) is 12.7. The Labute approximate surface area is 291 Å². The first kappa shape index (κ1) is 36.7. The predicted octanol–water partition coefficient (Wildman–Crippen LogP) is 4.88. The van der Waals surface area contributed by atoms with E-state index in [9.17, 15) is 24.0 Å². The molecule has 0 fully saturated rings. The largest absolute Gasteiger partial charge is 0.482 e. The smallest absolute Gasteiger partial charge is 0.319 e. The van der Waals surface area contributed by atoms with Crippen molar-refractivity contribution in [1.82, 2.24) is 5.32 Å². The van der Waals surface area contributed by atoms with Crippen LogP contribution in [0.3, 0.4) is 0 Å². The molecular weight excluding hydrogens is 638 g/mol. The van der Waals surface area contributed by atoms with Crippen LogP contribution >= 0.6 is 0 Å². The topological polar surface area (TPSA) is 138 Å². The van der Waals surface area contributed by atoms with Crippen LogP contribution in [0.1, 0.15) is 16.7 Å². The van der Waals surface area contributed by atoms with E-state index >= 15 is 0 Å². The summed E-state index contributed by atoms with van der Waals surface area (Å²) >= 11 is 0. The molecule has 0 aliphatic carbocycles. The highest BCUT2D eigenvalue weighted by molar-refractivity contribution is 6.06. The third-order valence-electron chi connectivity index (χ3n) is 7.93. The Morgan fingerprint density at radius 2 is 1.38 bits per heavy atom. The van der Waals surface area contributed by atoms with Gasteiger partial charge in [-0.15, -0.1) is 0 Å². The number of nitrogens with zero attached hydrogens (tertiary/aromatic N) is 3. The van der Waals surface area contributed by atoms with E-state index in [1.54, 1.807) is 86.9 Å². The van der Waals surface area contributed by atoms with Gasteiger partial charge in [-0.2, -0.15) is 0 Å². The van der Waals surface area contributed by atoms with E-state index < -0.39 is 30.4 Å². The summed E-state index contributed by atoms with van der Waals surface area (Å²) in [6.45, 7) is 2.65. The molecule has 0 saturated carbocycles. The number of likely N-dealkylation sites (N-methyl/N-ethyl adjacent to an activating group) is 2. The normalized spacial score (nSPS) is 10.4. The minimum absolute atomic E-state index is 0.0292. The Morgan fingerprint density at radius 1 is 0.720 bits per heavy atom. The Hall–Kier alpha value is -6.17. The maximum atomic E-state index is 13.8. The van der Waals surface area contributed by atoms with Crippen molar-refractivity contribution in [3.63, 3.8) is 0 Å². The molecule has 2 N–H and O–H groups in total. The van der Waals surface area contributed by atoms with E-state index in [1.807, 2.05) is 38.1 Å². The number of anilines is 4. The zero-order valence-electron chi connectivity index (χ0n) is 28.8. The molecule has 12 heteroatoms. The van der Waals surface area contributed by atoms with E-state index in [0.29, 0.717) is 16.9 Å². The highest BCUT2D eigenvalue weighted by atomic mass is 16.5. The number of esters is 1. The molecule has 0 aliphatic heterocycles. The van der Waals surface area contributed by atoms with Gasteiger partial charge in [-0.25, -0.2) is 4.79 Å². The van der Waals surface area contributed by atoms with Crippen molar-refractivity contribution in [2.24, 2.45) is 0 Å². The van der Waals surface area contributed by atoms with Crippen molar-refractivity contribution in [1.29, 1.82) is 0 Å². The first-order valence-electron chi connectivity index (χ1n) is 15.9. The number of methoxy groups -OCH3 is 1. The van der Waals surface area contributed by atoms with Gasteiger partial charge in [0.25, 0.3) is 5.91 Å². The Bertz CT molecular complexity index is 1830. The lowest BCUT2D eigenvalue weighted by Crippen LogP contribution is -2.46. The number of amides is 5. The maximum Gasteiger partial charge on any atom is 0.319 e. The Balaban J connectivity index is 1.52. The fourth-order valence-electron chi connectivity index (χ4n) is 5.27. The van der Waals surface area contributed by atoms with Gasteiger partial charge in [0, 0.05) is 31.2 Å². The van der Waals surface area contributed by atoms with Crippen LogP contribution in [0.5, 0.6) is 5.75 Å². The molecule has 5 amide bonds. The molecule has 0 bridgehead atoms. The maximum absolute atomic E-state index is 13.8. The number of benzene rings is 4. The molecule has 0 spiro atoms. The third kappa shape index (κ3) is 9.69. The summed E-state index contributed by atoms with van der Waals surface area (Å²) in [5, 5.41) is 5.19. The summed E-state index contributed by atoms with van der Waals surface area (Å²) in [6.07, 6.45) is 0.0292. The number of para-hydroxylation sites is 4. The van der Waals surface area contributed by atoms with Crippen LogP contribution in [0.15, 0.2) is 97.1 Å². The number of aryl methyl sites for hydroxylation is 2. The van der Waals surface area contributed by atoms with Crippen molar-refractivity contribution >= 4 is 52.5 Å². The molecule has 4 aromatic rings. The van der Waals surface area contributed by atoms with Crippen molar-refractivity contribution in [3.05, 3.63) is 114 Å². The van der Waals surface area contributed by atoms with Gasteiger partial charge < -0.3 is 29.9 Å². The quantitative estimate of drug-likeness (QED) is 0.192. The van der Waals surface area contributed by atoms with Crippen LogP contribution in [-0.2, 0) is 30.3 Å². The van der Waals surface area contributed by atoms with Gasteiger partial charge in [-0.1, -0.05) is 60.7 Å². The molecule has 0 atom stereocenters. The fraction of sp³-hybridized carbons (Fsp3) is 0.237. The molecule has 0 heterocycles. The van der Waals surface area contributed by atoms with Crippen molar-refractivity contribution in [2.75, 3.05) is 60.9 Å². The molecule has 0 aliphatic rings. The van der Waals surface area contributed by atoms with Crippen molar-refractivity contribution in [2.45, 2.75) is 20.3 Å². The number of carbonyl (C=O) groups excluding carboxylic acids is 5. The van der Waals surface area contributed by atoms with Gasteiger partial charge in [0.1, 0.15) is 12.3 Å².